The molecule has 0 saturated heterocycles. The van der Waals surface area contributed by atoms with E-state index < -0.39 is 5.97 Å². The van der Waals surface area contributed by atoms with Gasteiger partial charge in [-0.05, 0) is 98.7 Å². The summed E-state index contributed by atoms with van der Waals surface area (Å²) in [5.74, 6) is 3.71. The zero-order valence-corrected chi connectivity index (χ0v) is 17.8. The van der Waals surface area contributed by atoms with E-state index in [-0.39, 0.29) is 12.5 Å². The standard InChI is InChI=1S/C22H36O3.C2H6/c1-22-12-3-2-5-14(22)8-9-16-18-13-20(23)17(6-4-7-21(24)25)15(18)10-11-19(16)22;1-2/h14-20,23H,2-13H2,1H3,(H,24,25);1-2H3. The highest BCUT2D eigenvalue weighted by Gasteiger charge is 2.56. The number of aliphatic hydroxyl groups excluding tert-OH is 1. The van der Waals surface area contributed by atoms with Crippen molar-refractivity contribution >= 4 is 5.97 Å². The fourth-order valence-corrected chi connectivity index (χ4v) is 7.95. The van der Waals surface area contributed by atoms with Gasteiger partial charge in [-0.2, -0.15) is 0 Å². The molecular weight excluding hydrogens is 336 g/mol. The van der Waals surface area contributed by atoms with E-state index in [4.69, 9.17) is 5.11 Å². The molecule has 4 saturated carbocycles. The molecule has 3 nitrogen and oxygen atoms in total. The molecule has 0 heterocycles. The lowest BCUT2D eigenvalue weighted by molar-refractivity contribution is -0.137. The molecule has 0 radical (unpaired) electrons. The van der Waals surface area contributed by atoms with Crippen LogP contribution in [0.25, 0.3) is 0 Å². The van der Waals surface area contributed by atoms with Gasteiger partial charge in [0.25, 0.3) is 0 Å². The Hall–Kier alpha value is -0.570. The van der Waals surface area contributed by atoms with Crippen molar-refractivity contribution in [1.82, 2.24) is 0 Å². The van der Waals surface area contributed by atoms with Crippen LogP contribution < -0.4 is 0 Å². The summed E-state index contributed by atoms with van der Waals surface area (Å²) in [6.45, 7) is 6.60. The summed E-state index contributed by atoms with van der Waals surface area (Å²) in [5, 5.41) is 19.6. The van der Waals surface area contributed by atoms with Gasteiger partial charge in [-0.25, -0.2) is 0 Å². The largest absolute Gasteiger partial charge is 0.481 e. The van der Waals surface area contributed by atoms with Crippen molar-refractivity contribution in [3.05, 3.63) is 0 Å². The van der Waals surface area contributed by atoms with Crippen LogP contribution in [0.15, 0.2) is 0 Å². The average molecular weight is 379 g/mol. The van der Waals surface area contributed by atoms with Gasteiger partial charge in [-0.15, -0.1) is 0 Å². The quantitative estimate of drug-likeness (QED) is 0.640. The first-order valence-corrected chi connectivity index (χ1v) is 11.9. The van der Waals surface area contributed by atoms with Crippen molar-refractivity contribution in [2.75, 3.05) is 0 Å². The zero-order chi connectivity index (χ0) is 19.6. The number of carbonyl (C=O) groups is 1. The number of hydrogen-bond donors (Lipinski definition) is 2. The highest BCUT2D eigenvalue weighted by Crippen LogP contribution is 2.64. The van der Waals surface area contributed by atoms with Crippen LogP contribution in [-0.2, 0) is 4.79 Å². The Morgan fingerprint density at radius 3 is 2.48 bits per heavy atom. The predicted octanol–water partition coefficient (Wildman–Crippen LogP) is 5.90. The van der Waals surface area contributed by atoms with E-state index in [1.807, 2.05) is 13.8 Å². The topological polar surface area (TPSA) is 57.5 Å². The van der Waals surface area contributed by atoms with Crippen molar-refractivity contribution in [3.63, 3.8) is 0 Å². The Morgan fingerprint density at radius 1 is 1.00 bits per heavy atom. The van der Waals surface area contributed by atoms with Crippen LogP contribution in [0.1, 0.15) is 97.8 Å². The van der Waals surface area contributed by atoms with Gasteiger partial charge in [0, 0.05) is 6.42 Å². The summed E-state index contributed by atoms with van der Waals surface area (Å²) in [6.07, 6.45) is 13.9. The molecule has 0 aromatic carbocycles. The molecule has 27 heavy (non-hydrogen) atoms. The second-order valence-electron chi connectivity index (χ2n) is 9.95. The van der Waals surface area contributed by atoms with Gasteiger partial charge < -0.3 is 10.2 Å². The first-order valence-electron chi connectivity index (χ1n) is 11.9. The van der Waals surface area contributed by atoms with Crippen molar-refractivity contribution in [2.24, 2.45) is 40.9 Å². The molecule has 4 fully saturated rings. The van der Waals surface area contributed by atoms with Gasteiger partial charge in [0.2, 0.25) is 0 Å². The van der Waals surface area contributed by atoms with Crippen molar-refractivity contribution in [2.45, 2.75) is 104 Å². The third-order valence-electron chi connectivity index (χ3n) is 9.06. The molecule has 3 heteroatoms. The number of aliphatic carboxylic acids is 1. The number of fused-ring (bicyclic) bond motifs is 5. The maximum absolute atomic E-state index is 10.8. The Bertz CT molecular complexity index is 504. The Morgan fingerprint density at radius 2 is 1.74 bits per heavy atom. The van der Waals surface area contributed by atoms with Crippen LogP contribution in [0.5, 0.6) is 0 Å². The SMILES string of the molecule is CC.CC12CCCCC1CCC1C3CC(O)C(CCCC(=O)O)C3CCC12. The third kappa shape index (κ3) is 3.95. The molecule has 0 spiro atoms. The van der Waals surface area contributed by atoms with E-state index in [1.54, 1.807) is 0 Å². The molecule has 2 N–H and O–H groups in total. The summed E-state index contributed by atoms with van der Waals surface area (Å²) < 4.78 is 0. The summed E-state index contributed by atoms with van der Waals surface area (Å²) in [7, 11) is 0. The molecule has 4 rings (SSSR count). The highest BCUT2D eigenvalue weighted by molar-refractivity contribution is 5.66. The van der Waals surface area contributed by atoms with Crippen molar-refractivity contribution < 1.29 is 15.0 Å². The van der Waals surface area contributed by atoms with E-state index in [9.17, 15) is 9.90 Å². The summed E-state index contributed by atoms with van der Waals surface area (Å²) in [4.78, 5) is 10.8. The molecule has 4 aliphatic carbocycles. The second-order valence-corrected chi connectivity index (χ2v) is 9.95. The molecule has 0 amide bonds. The minimum Gasteiger partial charge on any atom is -0.481 e. The minimum absolute atomic E-state index is 0.181. The monoisotopic (exact) mass is 378 g/mol. The number of carboxylic acid groups (broad SMARTS) is 1. The zero-order valence-electron chi connectivity index (χ0n) is 17.8. The lowest BCUT2D eigenvalue weighted by atomic mass is 9.47. The molecule has 0 aromatic heterocycles. The Labute approximate surface area is 166 Å². The normalized spacial score (nSPS) is 45.7. The van der Waals surface area contributed by atoms with E-state index in [1.165, 1.54) is 51.4 Å². The molecule has 8 unspecified atom stereocenters. The third-order valence-corrected chi connectivity index (χ3v) is 9.06. The predicted molar refractivity (Wildman–Crippen MR) is 109 cm³/mol. The lowest BCUT2D eigenvalue weighted by Crippen LogP contribution is -2.50. The molecule has 156 valence electrons. The average Bonchev–Trinajstić information content (AvgIpc) is 2.98. The number of carboxylic acids is 1. The highest BCUT2D eigenvalue weighted by atomic mass is 16.4. The minimum atomic E-state index is -0.698. The van der Waals surface area contributed by atoms with Gasteiger partial charge in [-0.1, -0.05) is 33.6 Å². The Balaban J connectivity index is 0.00000102. The number of aliphatic hydroxyl groups is 1. The molecule has 0 aromatic rings. The molecule has 4 aliphatic rings. The molecular formula is C24H42O3. The van der Waals surface area contributed by atoms with Gasteiger partial charge >= 0.3 is 5.97 Å². The number of rotatable bonds is 4. The fraction of sp³-hybridized carbons (Fsp3) is 0.958. The van der Waals surface area contributed by atoms with E-state index in [2.05, 4.69) is 6.92 Å². The maximum atomic E-state index is 10.8. The summed E-state index contributed by atoms with van der Waals surface area (Å²) >= 11 is 0. The van der Waals surface area contributed by atoms with Gasteiger partial charge in [-0.3, -0.25) is 4.79 Å². The van der Waals surface area contributed by atoms with Crippen LogP contribution in [0.3, 0.4) is 0 Å². The first kappa shape index (κ1) is 21.1. The van der Waals surface area contributed by atoms with E-state index in [0.29, 0.717) is 23.2 Å². The van der Waals surface area contributed by atoms with Gasteiger partial charge in [0.15, 0.2) is 0 Å². The Kier molecular flexibility index (Phi) is 6.93. The first-order chi connectivity index (χ1) is 13.0. The van der Waals surface area contributed by atoms with Gasteiger partial charge in [0.1, 0.15) is 0 Å². The van der Waals surface area contributed by atoms with Crippen LogP contribution in [0.2, 0.25) is 0 Å². The van der Waals surface area contributed by atoms with Crippen molar-refractivity contribution in [3.8, 4) is 0 Å². The van der Waals surface area contributed by atoms with Gasteiger partial charge in [0.05, 0.1) is 6.10 Å². The molecule has 0 aliphatic heterocycles. The van der Waals surface area contributed by atoms with Crippen LogP contribution in [0.4, 0.5) is 0 Å². The van der Waals surface area contributed by atoms with E-state index in [0.717, 1.165) is 37.0 Å². The van der Waals surface area contributed by atoms with Crippen LogP contribution in [-0.4, -0.2) is 22.3 Å². The van der Waals surface area contributed by atoms with E-state index >= 15 is 0 Å². The smallest absolute Gasteiger partial charge is 0.303 e. The maximum Gasteiger partial charge on any atom is 0.303 e. The summed E-state index contributed by atoms with van der Waals surface area (Å²) in [5.41, 5.74) is 0.568. The van der Waals surface area contributed by atoms with Crippen molar-refractivity contribution in [1.29, 1.82) is 0 Å². The number of hydrogen-bond acceptors (Lipinski definition) is 2. The van der Waals surface area contributed by atoms with Crippen LogP contribution in [0, 0.1) is 40.9 Å². The fourth-order valence-electron chi connectivity index (χ4n) is 7.95. The summed E-state index contributed by atoms with van der Waals surface area (Å²) in [6, 6.07) is 0. The molecule has 0 bridgehead atoms. The lowest BCUT2D eigenvalue weighted by Gasteiger charge is -2.58. The molecule has 8 atom stereocenters. The second kappa shape index (κ2) is 8.84. The van der Waals surface area contributed by atoms with Crippen LogP contribution >= 0.6 is 0 Å².